The predicted octanol–water partition coefficient (Wildman–Crippen LogP) is 4.32. The van der Waals surface area contributed by atoms with Gasteiger partial charge in [-0.3, -0.25) is 34.7 Å². The Labute approximate surface area is 319 Å². The maximum absolute atomic E-state index is 14.4. The minimum atomic E-state index is -1.32. The van der Waals surface area contributed by atoms with Crippen molar-refractivity contribution in [2.45, 2.75) is 38.0 Å². The van der Waals surface area contributed by atoms with Crippen molar-refractivity contribution in [3.05, 3.63) is 112 Å². The molecule has 4 N–H and O–H groups in total. The highest BCUT2D eigenvalue weighted by Crippen LogP contribution is 2.38. The lowest BCUT2D eigenvalue weighted by Gasteiger charge is -2.35. The van der Waals surface area contributed by atoms with E-state index in [0.717, 1.165) is 68.0 Å². The van der Waals surface area contributed by atoms with Gasteiger partial charge in [-0.15, -0.1) is 21.5 Å². The normalized spacial score (nSPS) is 17.8. The average Bonchev–Trinajstić information content (AvgIpc) is 3.82. The second-order valence-electron chi connectivity index (χ2n) is 13.6. The summed E-state index contributed by atoms with van der Waals surface area (Å²) in [5.41, 5.74) is 4.27. The van der Waals surface area contributed by atoms with Crippen LogP contribution in [0.1, 0.15) is 45.9 Å². The van der Waals surface area contributed by atoms with Gasteiger partial charge >= 0.3 is 0 Å². The number of anilines is 3. The molecule has 3 aliphatic heterocycles. The number of halogens is 1. The third kappa shape index (κ3) is 7.72. The highest BCUT2D eigenvalue weighted by molar-refractivity contribution is 7.13. The molecule has 5 heterocycles. The van der Waals surface area contributed by atoms with Crippen molar-refractivity contribution in [3.63, 3.8) is 0 Å². The summed E-state index contributed by atoms with van der Waals surface area (Å²) in [6.45, 7) is 4.06. The molecular weight excluding hydrogens is 726 g/mol. The third-order valence-corrected chi connectivity index (χ3v) is 10.7. The molecule has 55 heavy (non-hydrogen) atoms. The number of benzene rings is 3. The van der Waals surface area contributed by atoms with E-state index < -0.39 is 29.7 Å². The summed E-state index contributed by atoms with van der Waals surface area (Å²) in [7, 11) is 0. The number of thiazole rings is 1. The number of hydrogen-bond donors (Lipinski definition) is 4. The number of piperazine rings is 1. The van der Waals surface area contributed by atoms with Gasteiger partial charge in [-0.1, -0.05) is 24.3 Å². The molecule has 0 spiro atoms. The Balaban J connectivity index is 0.892. The van der Waals surface area contributed by atoms with Crippen molar-refractivity contribution >= 4 is 51.6 Å². The Hall–Kier alpha value is -6.26. The van der Waals surface area contributed by atoms with Gasteiger partial charge in [-0.25, -0.2) is 9.37 Å². The van der Waals surface area contributed by atoms with Crippen molar-refractivity contribution in [2.24, 2.45) is 0 Å². The molecule has 2 saturated heterocycles. The third-order valence-electron chi connectivity index (χ3n) is 10.0. The molecule has 280 valence electrons. The van der Waals surface area contributed by atoms with Gasteiger partial charge in [0.25, 0.3) is 11.8 Å². The molecule has 14 nitrogen and oxygen atoms in total. The standard InChI is InChI=1S/C39H36FN9O5S/c40-26-5-10-32(50)29(20-26)35(37(53)44-39-41-13-18-55-39)49-22-25-4-3-24(19-28(25)38(49)54)30-8-11-33(46-45-30)48-16-14-47(15-17-48)21-23-1-6-27(7-2-23)42-31-9-12-34(51)43-36(31)52/h1-8,10-11,13,18-20,31,35,42,50H,9,12,14-17,21-22H2,(H,41,44,53)(H,43,51,52). The Morgan fingerprint density at radius 2 is 1.80 bits per heavy atom. The smallest absolute Gasteiger partial charge is 0.255 e. The van der Waals surface area contributed by atoms with Crippen molar-refractivity contribution in [1.82, 2.24) is 30.3 Å². The van der Waals surface area contributed by atoms with Gasteiger partial charge in [0.05, 0.1) is 5.69 Å². The molecule has 0 bridgehead atoms. The van der Waals surface area contributed by atoms with Crippen molar-refractivity contribution < 1.29 is 28.7 Å². The molecule has 0 aliphatic carbocycles. The van der Waals surface area contributed by atoms with E-state index in [-0.39, 0.29) is 29.7 Å². The molecule has 4 amide bonds. The number of amides is 4. The highest BCUT2D eigenvalue weighted by Gasteiger charge is 2.39. The summed E-state index contributed by atoms with van der Waals surface area (Å²) in [6.07, 6.45) is 2.33. The fourth-order valence-electron chi connectivity index (χ4n) is 7.13. The van der Waals surface area contributed by atoms with Gasteiger partial charge in [0.15, 0.2) is 10.9 Å². The van der Waals surface area contributed by atoms with Crippen LogP contribution >= 0.6 is 11.3 Å². The monoisotopic (exact) mass is 761 g/mol. The number of phenols is 1. The van der Waals surface area contributed by atoms with Crippen molar-refractivity contribution in [3.8, 4) is 17.0 Å². The van der Waals surface area contributed by atoms with Gasteiger partial charge in [-0.2, -0.15) is 0 Å². The zero-order valence-corrected chi connectivity index (χ0v) is 30.3. The summed E-state index contributed by atoms with van der Waals surface area (Å²) in [5.74, 6) is -1.81. The molecule has 3 aromatic carbocycles. The first kappa shape index (κ1) is 35.8. The quantitative estimate of drug-likeness (QED) is 0.149. The Kier molecular flexibility index (Phi) is 9.90. The number of aromatic hydroxyl groups is 1. The van der Waals surface area contributed by atoms with Crippen LogP contribution in [-0.4, -0.2) is 85.9 Å². The molecule has 5 aromatic rings. The van der Waals surface area contributed by atoms with Gasteiger partial charge in [0.1, 0.15) is 23.7 Å². The number of fused-ring (bicyclic) bond motifs is 1. The topological polar surface area (TPSA) is 173 Å². The number of phenolic OH excluding ortho intramolecular Hbond substituents is 1. The Bertz CT molecular complexity index is 2250. The maximum Gasteiger partial charge on any atom is 0.255 e. The summed E-state index contributed by atoms with van der Waals surface area (Å²) in [5, 5.41) is 29.9. The first-order chi connectivity index (χ1) is 26.7. The summed E-state index contributed by atoms with van der Waals surface area (Å²) >= 11 is 1.20. The van der Waals surface area contributed by atoms with Gasteiger partial charge in [-0.05, 0) is 66.1 Å². The SMILES string of the molecule is O=C1CCC(Nc2ccc(CN3CCN(c4ccc(-c5ccc6c(c5)C(=O)N(C(C(=O)Nc5nccs5)c5cc(F)ccc5O)C6)nn4)CC3)cc2)C(=O)N1. The van der Waals surface area contributed by atoms with Crippen LogP contribution < -0.4 is 20.9 Å². The molecule has 0 radical (unpaired) electrons. The zero-order valence-electron chi connectivity index (χ0n) is 29.4. The summed E-state index contributed by atoms with van der Waals surface area (Å²) in [4.78, 5) is 60.9. The van der Waals surface area contributed by atoms with Crippen LogP contribution in [0.5, 0.6) is 5.75 Å². The summed E-state index contributed by atoms with van der Waals surface area (Å²) < 4.78 is 14.4. The van der Waals surface area contributed by atoms with E-state index in [4.69, 9.17) is 0 Å². The fourth-order valence-corrected chi connectivity index (χ4v) is 7.66. The lowest BCUT2D eigenvalue weighted by Crippen LogP contribution is -2.47. The molecule has 16 heteroatoms. The van der Waals surface area contributed by atoms with Gasteiger partial charge in [0, 0.05) is 79.6 Å². The van der Waals surface area contributed by atoms with E-state index in [1.165, 1.54) is 22.4 Å². The van der Waals surface area contributed by atoms with E-state index in [1.54, 1.807) is 17.5 Å². The van der Waals surface area contributed by atoms with Crippen LogP contribution in [0.3, 0.4) is 0 Å². The lowest BCUT2D eigenvalue weighted by molar-refractivity contribution is -0.133. The first-order valence-corrected chi connectivity index (χ1v) is 18.7. The fraction of sp³-hybridized carbons (Fsp3) is 0.256. The number of rotatable bonds is 10. The highest BCUT2D eigenvalue weighted by atomic mass is 32.1. The van der Waals surface area contributed by atoms with E-state index in [9.17, 15) is 28.7 Å². The second kappa shape index (κ2) is 15.2. The van der Waals surface area contributed by atoms with E-state index >= 15 is 0 Å². The van der Waals surface area contributed by atoms with Crippen LogP contribution in [-0.2, 0) is 27.5 Å². The maximum atomic E-state index is 14.4. The molecule has 0 saturated carbocycles. The van der Waals surface area contributed by atoms with Crippen LogP contribution in [0.4, 0.5) is 21.0 Å². The largest absolute Gasteiger partial charge is 0.508 e. The molecule has 2 aromatic heterocycles. The molecule has 2 atom stereocenters. The summed E-state index contributed by atoms with van der Waals surface area (Å²) in [6, 6.07) is 18.7. The number of hydrogen-bond acceptors (Lipinski definition) is 12. The Morgan fingerprint density at radius 1 is 0.982 bits per heavy atom. The van der Waals surface area contributed by atoms with Crippen LogP contribution in [0.15, 0.2) is 84.4 Å². The number of nitrogens with one attached hydrogen (secondary N) is 3. The van der Waals surface area contributed by atoms with E-state index in [0.29, 0.717) is 40.4 Å². The van der Waals surface area contributed by atoms with Crippen LogP contribution in [0.25, 0.3) is 11.3 Å². The van der Waals surface area contributed by atoms with E-state index in [1.807, 2.05) is 42.5 Å². The number of nitrogens with zero attached hydrogens (tertiary/aromatic N) is 6. The Morgan fingerprint density at radius 3 is 2.53 bits per heavy atom. The number of imide groups is 1. The molecular formula is C39H36FN9O5S. The number of piperidine rings is 1. The molecule has 2 unspecified atom stereocenters. The van der Waals surface area contributed by atoms with E-state index in [2.05, 4.69) is 40.9 Å². The van der Waals surface area contributed by atoms with Crippen molar-refractivity contribution in [1.29, 1.82) is 0 Å². The molecule has 2 fully saturated rings. The number of carbonyl (C=O) groups is 4. The van der Waals surface area contributed by atoms with Gasteiger partial charge < -0.3 is 20.2 Å². The van der Waals surface area contributed by atoms with Crippen LogP contribution in [0.2, 0.25) is 0 Å². The van der Waals surface area contributed by atoms with Gasteiger partial charge in [0.2, 0.25) is 11.8 Å². The molecule has 3 aliphatic rings. The molecule has 8 rings (SSSR count). The minimum Gasteiger partial charge on any atom is -0.508 e. The number of aromatic nitrogens is 3. The first-order valence-electron chi connectivity index (χ1n) is 17.8. The second-order valence-corrected chi connectivity index (χ2v) is 14.5. The zero-order chi connectivity index (χ0) is 38.1. The van der Waals surface area contributed by atoms with Crippen molar-refractivity contribution in [2.75, 3.05) is 41.7 Å². The van der Waals surface area contributed by atoms with Crippen LogP contribution in [0, 0.1) is 5.82 Å². The lowest BCUT2D eigenvalue weighted by atomic mass is 10.0. The average molecular weight is 762 g/mol. The minimum absolute atomic E-state index is 0.0343. The number of carbonyl (C=O) groups excluding carboxylic acids is 4. The predicted molar refractivity (Wildman–Crippen MR) is 203 cm³/mol.